The first-order chi connectivity index (χ1) is 6.45. The lowest BCUT2D eigenvalue weighted by Crippen LogP contribution is -2.24. The summed E-state index contributed by atoms with van der Waals surface area (Å²) in [6.07, 6.45) is 15.0. The number of rotatable bonds is 1. The van der Waals surface area contributed by atoms with Crippen molar-refractivity contribution in [3.05, 3.63) is 23.9 Å². The molecule has 0 aromatic rings. The summed E-state index contributed by atoms with van der Waals surface area (Å²) in [5.74, 6) is 0. The molecular weight excluding hydrogens is 158 g/mol. The molecule has 0 aromatic heterocycles. The van der Waals surface area contributed by atoms with Gasteiger partial charge in [0.1, 0.15) is 0 Å². The third-order valence-electron chi connectivity index (χ3n) is 2.93. The molecule has 0 radical (unpaired) electrons. The van der Waals surface area contributed by atoms with Gasteiger partial charge in [-0.25, -0.2) is 0 Å². The zero-order chi connectivity index (χ0) is 8.93. The SMILES string of the molecule is C1=CC/C(=C/N2CCCCC2)CC1. The van der Waals surface area contributed by atoms with Gasteiger partial charge in [-0.2, -0.15) is 0 Å². The molecule has 1 nitrogen and oxygen atoms in total. The fourth-order valence-corrected chi connectivity index (χ4v) is 2.15. The van der Waals surface area contributed by atoms with Gasteiger partial charge in [-0.1, -0.05) is 17.7 Å². The van der Waals surface area contributed by atoms with Crippen LogP contribution in [0.2, 0.25) is 0 Å². The molecule has 0 atom stereocenters. The highest BCUT2D eigenvalue weighted by atomic mass is 15.1. The lowest BCUT2D eigenvalue weighted by atomic mass is 10.0. The molecule has 0 spiro atoms. The van der Waals surface area contributed by atoms with Crippen molar-refractivity contribution in [2.45, 2.75) is 38.5 Å². The topological polar surface area (TPSA) is 3.24 Å². The molecule has 1 heteroatoms. The molecular formula is C12H19N. The molecule has 1 saturated heterocycles. The molecule has 1 fully saturated rings. The summed E-state index contributed by atoms with van der Waals surface area (Å²) in [7, 11) is 0. The summed E-state index contributed by atoms with van der Waals surface area (Å²) in [4.78, 5) is 2.51. The highest BCUT2D eigenvalue weighted by Crippen LogP contribution is 2.19. The smallest absolute Gasteiger partial charge is 0.0172 e. The summed E-state index contributed by atoms with van der Waals surface area (Å²) in [6.45, 7) is 2.57. The maximum Gasteiger partial charge on any atom is 0.0172 e. The summed E-state index contributed by atoms with van der Waals surface area (Å²) < 4.78 is 0. The molecule has 0 aromatic carbocycles. The highest BCUT2D eigenvalue weighted by Gasteiger charge is 2.07. The lowest BCUT2D eigenvalue weighted by Gasteiger charge is -2.26. The van der Waals surface area contributed by atoms with Crippen LogP contribution in [0.5, 0.6) is 0 Å². The molecule has 0 N–H and O–H groups in total. The van der Waals surface area contributed by atoms with E-state index < -0.39 is 0 Å². The average molecular weight is 177 g/mol. The summed E-state index contributed by atoms with van der Waals surface area (Å²) in [6, 6.07) is 0. The van der Waals surface area contributed by atoms with E-state index >= 15 is 0 Å². The maximum absolute atomic E-state index is 2.51. The van der Waals surface area contributed by atoms with Crippen LogP contribution in [0.3, 0.4) is 0 Å². The van der Waals surface area contributed by atoms with Crippen molar-refractivity contribution >= 4 is 0 Å². The van der Waals surface area contributed by atoms with Crippen LogP contribution in [-0.4, -0.2) is 18.0 Å². The number of allylic oxidation sites excluding steroid dienone is 3. The molecule has 0 unspecified atom stereocenters. The number of piperidine rings is 1. The Bertz CT molecular complexity index is 209. The van der Waals surface area contributed by atoms with Gasteiger partial charge in [-0.15, -0.1) is 0 Å². The van der Waals surface area contributed by atoms with Crippen LogP contribution in [-0.2, 0) is 0 Å². The van der Waals surface area contributed by atoms with Crippen LogP contribution in [0.4, 0.5) is 0 Å². The Morgan fingerprint density at radius 1 is 1.08 bits per heavy atom. The summed E-state index contributed by atoms with van der Waals surface area (Å²) >= 11 is 0. The van der Waals surface area contributed by atoms with Crippen molar-refractivity contribution in [2.75, 3.05) is 13.1 Å². The molecule has 13 heavy (non-hydrogen) atoms. The van der Waals surface area contributed by atoms with Crippen molar-refractivity contribution in [1.82, 2.24) is 4.90 Å². The molecule has 0 amide bonds. The van der Waals surface area contributed by atoms with Gasteiger partial charge in [0.2, 0.25) is 0 Å². The van der Waals surface area contributed by atoms with Gasteiger partial charge in [0.25, 0.3) is 0 Å². The summed E-state index contributed by atoms with van der Waals surface area (Å²) in [5, 5.41) is 0. The van der Waals surface area contributed by atoms with Crippen LogP contribution in [0.25, 0.3) is 0 Å². The van der Waals surface area contributed by atoms with Crippen molar-refractivity contribution in [3.8, 4) is 0 Å². The Hall–Kier alpha value is -0.720. The molecule has 72 valence electrons. The fourth-order valence-electron chi connectivity index (χ4n) is 2.15. The minimum Gasteiger partial charge on any atom is -0.377 e. The monoisotopic (exact) mass is 177 g/mol. The van der Waals surface area contributed by atoms with Gasteiger partial charge in [0.15, 0.2) is 0 Å². The molecule has 2 rings (SSSR count). The van der Waals surface area contributed by atoms with Gasteiger partial charge in [0.05, 0.1) is 0 Å². The zero-order valence-electron chi connectivity index (χ0n) is 8.34. The second-order valence-electron chi connectivity index (χ2n) is 4.10. The molecule has 1 aliphatic carbocycles. The largest absolute Gasteiger partial charge is 0.377 e. The lowest BCUT2D eigenvalue weighted by molar-refractivity contribution is 0.306. The van der Waals surface area contributed by atoms with E-state index in [0.29, 0.717) is 0 Å². The van der Waals surface area contributed by atoms with Crippen molar-refractivity contribution in [1.29, 1.82) is 0 Å². The van der Waals surface area contributed by atoms with E-state index in [1.165, 1.54) is 51.6 Å². The van der Waals surface area contributed by atoms with Crippen LogP contribution in [0, 0.1) is 0 Å². The predicted molar refractivity (Wildman–Crippen MR) is 56.5 cm³/mol. The number of hydrogen-bond donors (Lipinski definition) is 0. The average Bonchev–Trinajstić information content (AvgIpc) is 2.21. The first-order valence-corrected chi connectivity index (χ1v) is 5.54. The molecule has 0 bridgehead atoms. The molecule has 2 aliphatic rings. The number of likely N-dealkylation sites (tertiary alicyclic amines) is 1. The van der Waals surface area contributed by atoms with E-state index in [4.69, 9.17) is 0 Å². The Labute approximate surface area is 81.1 Å². The van der Waals surface area contributed by atoms with E-state index in [1.807, 2.05) is 0 Å². The van der Waals surface area contributed by atoms with Crippen LogP contribution < -0.4 is 0 Å². The van der Waals surface area contributed by atoms with E-state index in [0.717, 1.165) is 0 Å². The van der Waals surface area contributed by atoms with E-state index in [2.05, 4.69) is 23.3 Å². The van der Waals surface area contributed by atoms with Crippen molar-refractivity contribution in [2.24, 2.45) is 0 Å². The predicted octanol–water partition coefficient (Wildman–Crippen LogP) is 3.10. The summed E-state index contributed by atoms with van der Waals surface area (Å²) in [5.41, 5.74) is 1.63. The van der Waals surface area contributed by atoms with Gasteiger partial charge < -0.3 is 4.90 Å². The molecule has 1 aliphatic heterocycles. The highest BCUT2D eigenvalue weighted by molar-refractivity contribution is 5.12. The van der Waals surface area contributed by atoms with Gasteiger partial charge >= 0.3 is 0 Å². The standard InChI is InChI=1S/C12H19N/c1-3-7-12(8-4-1)11-13-9-5-2-6-10-13/h1,3,11H,2,4-10H2/b12-11-. The fraction of sp³-hybridized carbons (Fsp3) is 0.667. The second kappa shape index (κ2) is 4.50. The minimum atomic E-state index is 1.19. The van der Waals surface area contributed by atoms with E-state index in [9.17, 15) is 0 Å². The molecule has 1 heterocycles. The van der Waals surface area contributed by atoms with Crippen LogP contribution in [0.1, 0.15) is 38.5 Å². The Morgan fingerprint density at radius 2 is 1.92 bits per heavy atom. The maximum atomic E-state index is 2.51. The Kier molecular flexibility index (Phi) is 3.07. The third-order valence-corrected chi connectivity index (χ3v) is 2.93. The molecule has 0 saturated carbocycles. The third kappa shape index (κ3) is 2.61. The van der Waals surface area contributed by atoms with E-state index in [-0.39, 0.29) is 0 Å². The van der Waals surface area contributed by atoms with Gasteiger partial charge in [-0.05, 0) is 44.7 Å². The minimum absolute atomic E-state index is 1.19. The van der Waals surface area contributed by atoms with Crippen molar-refractivity contribution < 1.29 is 0 Å². The van der Waals surface area contributed by atoms with Gasteiger partial charge in [0, 0.05) is 13.1 Å². The van der Waals surface area contributed by atoms with Crippen LogP contribution >= 0.6 is 0 Å². The second-order valence-corrected chi connectivity index (χ2v) is 4.10. The first-order valence-electron chi connectivity index (χ1n) is 5.54. The Morgan fingerprint density at radius 3 is 2.62 bits per heavy atom. The first kappa shape index (κ1) is 8.86. The number of hydrogen-bond acceptors (Lipinski definition) is 1. The Balaban J connectivity index is 1.89. The zero-order valence-corrected chi connectivity index (χ0v) is 8.34. The van der Waals surface area contributed by atoms with Gasteiger partial charge in [-0.3, -0.25) is 0 Å². The van der Waals surface area contributed by atoms with E-state index in [1.54, 1.807) is 5.57 Å². The quantitative estimate of drug-likeness (QED) is 0.556. The van der Waals surface area contributed by atoms with Crippen LogP contribution in [0.15, 0.2) is 23.9 Å². The number of nitrogens with zero attached hydrogens (tertiary/aromatic N) is 1. The van der Waals surface area contributed by atoms with Crippen molar-refractivity contribution in [3.63, 3.8) is 0 Å². The normalized spacial score (nSPS) is 26.8.